The highest BCUT2D eigenvalue weighted by Gasteiger charge is 2.42. The van der Waals surface area contributed by atoms with Gasteiger partial charge >= 0.3 is 0 Å². The Balaban J connectivity index is 1.64. The van der Waals surface area contributed by atoms with Crippen LogP contribution >= 0.6 is 0 Å². The molecule has 3 heteroatoms. The van der Waals surface area contributed by atoms with Crippen LogP contribution in [0, 0.1) is 0 Å². The molecule has 3 fully saturated rings. The van der Waals surface area contributed by atoms with Crippen molar-refractivity contribution >= 4 is 0 Å². The summed E-state index contributed by atoms with van der Waals surface area (Å²) in [5.41, 5.74) is 3.76. The Morgan fingerprint density at radius 2 is 0.786 bits per heavy atom. The Labute approximate surface area is 260 Å². The van der Waals surface area contributed by atoms with Gasteiger partial charge in [-0.25, -0.2) is 0 Å². The van der Waals surface area contributed by atoms with E-state index in [9.17, 15) is 0 Å². The molecule has 0 spiro atoms. The average Bonchev–Trinajstić information content (AvgIpc) is 3.67. The van der Waals surface area contributed by atoms with Crippen LogP contribution < -0.4 is 0 Å². The second-order valence-corrected chi connectivity index (χ2v) is 16.4. The minimum Gasteiger partial charge on any atom is -0.369 e. The van der Waals surface area contributed by atoms with E-state index in [0.717, 1.165) is 38.5 Å². The molecule has 4 rings (SSSR count). The van der Waals surface area contributed by atoms with Gasteiger partial charge in [0.25, 0.3) is 0 Å². The fraction of sp³-hybridized carbons (Fsp3) is 0.846. The summed E-state index contributed by atoms with van der Waals surface area (Å²) in [4.78, 5) is 0. The summed E-state index contributed by atoms with van der Waals surface area (Å²) in [6.45, 7) is 20.9. The van der Waals surface area contributed by atoms with Crippen LogP contribution in [0.25, 0.3) is 0 Å². The third-order valence-corrected chi connectivity index (χ3v) is 11.2. The van der Waals surface area contributed by atoms with Gasteiger partial charge in [-0.3, -0.25) is 0 Å². The third kappa shape index (κ3) is 8.42. The maximum atomic E-state index is 7.13. The molecule has 0 saturated heterocycles. The van der Waals surface area contributed by atoms with Crippen molar-refractivity contribution in [2.24, 2.45) is 0 Å². The number of rotatable bonds is 15. The lowest BCUT2D eigenvalue weighted by Gasteiger charge is -2.41. The standard InChI is InChI=1S/C39H66O3/c1-10-37(22-13-14-23-37)40-34(4,5)28-31-20-19-21-32(29-35(6,7)41-38(11-2)24-15-16-25-38)33(31)30-36(8,9)42-39(12-3)26-17-18-27-39/h19-21H,10-18,22-30H2,1-9H3. The van der Waals surface area contributed by atoms with Crippen molar-refractivity contribution < 1.29 is 14.2 Å². The van der Waals surface area contributed by atoms with Crippen LogP contribution in [0.15, 0.2) is 18.2 Å². The lowest BCUT2D eigenvalue weighted by atomic mass is 9.82. The molecule has 0 bridgehead atoms. The topological polar surface area (TPSA) is 27.7 Å². The maximum absolute atomic E-state index is 7.13. The Morgan fingerprint density at radius 3 is 1.07 bits per heavy atom. The van der Waals surface area contributed by atoms with Gasteiger partial charge in [0.1, 0.15) is 0 Å². The molecule has 3 nitrogen and oxygen atoms in total. The van der Waals surface area contributed by atoms with Gasteiger partial charge in [-0.15, -0.1) is 0 Å². The summed E-state index contributed by atoms with van der Waals surface area (Å²) >= 11 is 0. The molecule has 0 N–H and O–H groups in total. The minimum atomic E-state index is -0.243. The molecule has 0 radical (unpaired) electrons. The first-order valence-corrected chi connectivity index (χ1v) is 17.9. The van der Waals surface area contributed by atoms with Crippen LogP contribution in [0.1, 0.15) is 175 Å². The van der Waals surface area contributed by atoms with Crippen molar-refractivity contribution in [2.45, 2.75) is 211 Å². The van der Waals surface area contributed by atoms with E-state index in [1.165, 1.54) is 93.7 Å². The Morgan fingerprint density at radius 1 is 0.500 bits per heavy atom. The molecule has 42 heavy (non-hydrogen) atoms. The number of benzene rings is 1. The van der Waals surface area contributed by atoms with Crippen LogP contribution in [0.5, 0.6) is 0 Å². The average molecular weight is 583 g/mol. The number of ether oxygens (including phenoxy) is 3. The summed E-state index contributed by atoms with van der Waals surface area (Å²) in [6, 6.07) is 7.03. The van der Waals surface area contributed by atoms with Gasteiger partial charge in [-0.2, -0.15) is 0 Å². The van der Waals surface area contributed by atoms with Gasteiger partial charge in [-0.05, 0) is 116 Å². The molecule has 1 aromatic rings. The molecule has 0 amide bonds. The minimum absolute atomic E-state index is 0.0370. The van der Waals surface area contributed by atoms with E-state index < -0.39 is 0 Å². The van der Waals surface area contributed by atoms with E-state index >= 15 is 0 Å². The first-order valence-electron chi connectivity index (χ1n) is 17.9. The van der Waals surface area contributed by atoms with Crippen LogP contribution in [-0.2, 0) is 33.5 Å². The first-order chi connectivity index (χ1) is 19.7. The monoisotopic (exact) mass is 583 g/mol. The summed E-state index contributed by atoms with van der Waals surface area (Å²) in [5, 5.41) is 0. The van der Waals surface area contributed by atoms with E-state index in [1.807, 2.05) is 0 Å². The SMILES string of the molecule is CCC1(OC(C)(C)Cc2cccc(CC(C)(C)OC3(CC)CCCC3)c2CC(C)(C)OC2(CC)CCCC2)CCCC1. The van der Waals surface area contributed by atoms with Gasteiger partial charge in [0.2, 0.25) is 0 Å². The van der Waals surface area contributed by atoms with Crippen molar-refractivity contribution in [1.29, 1.82) is 0 Å². The highest BCUT2D eigenvalue weighted by Crippen LogP contribution is 2.44. The summed E-state index contributed by atoms with van der Waals surface area (Å²) in [6.07, 6.45) is 21.0. The molecular weight excluding hydrogens is 516 g/mol. The highest BCUT2D eigenvalue weighted by atomic mass is 16.5. The van der Waals surface area contributed by atoms with E-state index in [0.29, 0.717) is 0 Å². The van der Waals surface area contributed by atoms with Gasteiger partial charge < -0.3 is 14.2 Å². The Kier molecular flexibility index (Phi) is 10.7. The van der Waals surface area contributed by atoms with Crippen LogP contribution in [0.3, 0.4) is 0 Å². The van der Waals surface area contributed by atoms with Crippen molar-refractivity contribution in [2.75, 3.05) is 0 Å². The molecule has 0 aliphatic heterocycles. The normalized spacial score (nSPS) is 22.2. The van der Waals surface area contributed by atoms with Gasteiger partial charge in [0.05, 0.1) is 33.6 Å². The van der Waals surface area contributed by atoms with Crippen molar-refractivity contribution in [3.05, 3.63) is 34.9 Å². The molecule has 3 aliphatic rings. The highest BCUT2D eigenvalue weighted by molar-refractivity contribution is 5.38. The van der Waals surface area contributed by atoms with Crippen molar-refractivity contribution in [3.8, 4) is 0 Å². The lowest BCUT2D eigenvalue weighted by molar-refractivity contribution is -0.142. The molecule has 0 unspecified atom stereocenters. The van der Waals surface area contributed by atoms with Gasteiger partial charge in [-0.1, -0.05) is 77.5 Å². The molecular formula is C39H66O3. The second kappa shape index (κ2) is 13.2. The molecule has 3 saturated carbocycles. The van der Waals surface area contributed by atoms with Crippen molar-refractivity contribution in [1.82, 2.24) is 0 Å². The zero-order valence-corrected chi connectivity index (χ0v) is 29.2. The zero-order chi connectivity index (χ0) is 30.7. The first kappa shape index (κ1) is 34.0. The zero-order valence-electron chi connectivity index (χ0n) is 29.2. The Hall–Kier alpha value is -0.900. The number of hydrogen-bond donors (Lipinski definition) is 0. The Bertz CT molecular complexity index is 942. The summed E-state index contributed by atoms with van der Waals surface area (Å²) in [5.74, 6) is 0. The fourth-order valence-electron chi connectivity index (χ4n) is 9.10. The van der Waals surface area contributed by atoms with Gasteiger partial charge in [0, 0.05) is 19.3 Å². The lowest BCUT2D eigenvalue weighted by Crippen LogP contribution is -2.43. The smallest absolute Gasteiger partial charge is 0.0687 e. The maximum Gasteiger partial charge on any atom is 0.0687 e. The van der Waals surface area contributed by atoms with Crippen LogP contribution in [-0.4, -0.2) is 33.6 Å². The van der Waals surface area contributed by atoms with E-state index in [4.69, 9.17) is 14.2 Å². The largest absolute Gasteiger partial charge is 0.369 e. The molecule has 3 aliphatic carbocycles. The summed E-state index contributed by atoms with van der Waals surface area (Å²) in [7, 11) is 0. The molecule has 0 heterocycles. The van der Waals surface area contributed by atoms with E-state index in [-0.39, 0.29) is 33.6 Å². The number of hydrogen-bond acceptors (Lipinski definition) is 3. The fourth-order valence-corrected chi connectivity index (χ4v) is 9.10. The van der Waals surface area contributed by atoms with Crippen LogP contribution in [0.4, 0.5) is 0 Å². The summed E-state index contributed by atoms with van der Waals surface area (Å²) < 4.78 is 21.3. The second-order valence-electron chi connectivity index (χ2n) is 16.4. The predicted octanol–water partition coefficient (Wildman–Crippen LogP) is 10.9. The van der Waals surface area contributed by atoms with Crippen LogP contribution in [0.2, 0.25) is 0 Å². The predicted molar refractivity (Wildman–Crippen MR) is 178 cm³/mol. The molecule has 1 aromatic carbocycles. The van der Waals surface area contributed by atoms with E-state index in [2.05, 4.69) is 80.5 Å². The van der Waals surface area contributed by atoms with E-state index in [1.54, 1.807) is 0 Å². The van der Waals surface area contributed by atoms with Crippen molar-refractivity contribution in [3.63, 3.8) is 0 Å². The third-order valence-electron chi connectivity index (χ3n) is 11.2. The van der Waals surface area contributed by atoms with Gasteiger partial charge in [0.15, 0.2) is 0 Å². The molecule has 0 aromatic heterocycles. The molecule has 0 atom stereocenters. The molecule has 240 valence electrons. The quantitative estimate of drug-likeness (QED) is 0.206.